The molecule has 3 rings (SSSR count). The van der Waals surface area contributed by atoms with Crippen LogP contribution in [0.15, 0.2) is 47.3 Å². The molecule has 0 radical (unpaired) electrons. The molecule has 1 aromatic heterocycles. The Balaban J connectivity index is 2.08. The predicted octanol–water partition coefficient (Wildman–Crippen LogP) is 3.46. The van der Waals surface area contributed by atoms with Crippen molar-refractivity contribution >= 4 is 39.9 Å². The summed E-state index contributed by atoms with van der Waals surface area (Å²) in [6, 6.07) is 11.2. The number of hydrogen-bond acceptors (Lipinski definition) is 4. The van der Waals surface area contributed by atoms with Gasteiger partial charge >= 0.3 is 5.97 Å². The van der Waals surface area contributed by atoms with Crippen molar-refractivity contribution in [3.8, 4) is 5.75 Å². The van der Waals surface area contributed by atoms with Crippen molar-refractivity contribution in [2.24, 2.45) is 7.05 Å². The second-order valence-corrected chi connectivity index (χ2v) is 5.69. The van der Waals surface area contributed by atoms with Crippen molar-refractivity contribution in [1.82, 2.24) is 9.78 Å². The minimum absolute atomic E-state index is 0.0406. The number of fused-ring (bicyclic) bond motifs is 1. The highest BCUT2D eigenvalue weighted by molar-refractivity contribution is 6.34. The molecule has 0 spiro atoms. The summed E-state index contributed by atoms with van der Waals surface area (Å²) in [7, 11) is 1.47. The quantitative estimate of drug-likeness (QED) is 0.525. The summed E-state index contributed by atoms with van der Waals surface area (Å²) in [5.41, 5.74) is -0.248. The van der Waals surface area contributed by atoms with Gasteiger partial charge in [-0.05, 0) is 24.3 Å². The third-order valence-corrected chi connectivity index (χ3v) is 3.63. The van der Waals surface area contributed by atoms with E-state index < -0.39 is 5.97 Å². The van der Waals surface area contributed by atoms with Gasteiger partial charge in [-0.2, -0.15) is 5.10 Å². The largest absolute Gasteiger partial charge is 0.422 e. The van der Waals surface area contributed by atoms with Crippen molar-refractivity contribution in [3.63, 3.8) is 0 Å². The minimum atomic E-state index is -0.699. The summed E-state index contributed by atoms with van der Waals surface area (Å²) >= 11 is 11.8. The Bertz CT molecular complexity index is 962. The molecule has 2 aromatic carbocycles. The van der Waals surface area contributed by atoms with Gasteiger partial charge in [-0.15, -0.1) is 0 Å². The van der Waals surface area contributed by atoms with Crippen LogP contribution in [-0.2, 0) is 7.05 Å². The monoisotopic (exact) mass is 348 g/mol. The van der Waals surface area contributed by atoms with Crippen LogP contribution >= 0.6 is 23.2 Å². The van der Waals surface area contributed by atoms with Gasteiger partial charge in [0, 0.05) is 22.5 Å². The van der Waals surface area contributed by atoms with Crippen LogP contribution in [0.5, 0.6) is 5.75 Å². The first kappa shape index (κ1) is 15.5. The lowest BCUT2D eigenvalue weighted by Gasteiger charge is -2.08. The zero-order valence-electron chi connectivity index (χ0n) is 11.9. The fourth-order valence-electron chi connectivity index (χ4n) is 2.19. The fourth-order valence-corrected chi connectivity index (χ4v) is 2.70. The van der Waals surface area contributed by atoms with Crippen molar-refractivity contribution in [1.29, 1.82) is 0 Å². The van der Waals surface area contributed by atoms with Crippen LogP contribution in [0.4, 0.5) is 0 Å². The van der Waals surface area contributed by atoms with Gasteiger partial charge in [0.25, 0.3) is 5.56 Å². The number of ether oxygens (including phenoxy) is 1. The van der Waals surface area contributed by atoms with E-state index in [1.165, 1.54) is 25.2 Å². The topological polar surface area (TPSA) is 61.2 Å². The lowest BCUT2D eigenvalue weighted by Crippen LogP contribution is -2.24. The Morgan fingerprint density at radius 1 is 1.09 bits per heavy atom. The first-order chi connectivity index (χ1) is 11.0. The molecule has 3 aromatic rings. The summed E-state index contributed by atoms with van der Waals surface area (Å²) in [5, 5.41) is 5.51. The van der Waals surface area contributed by atoms with Crippen LogP contribution in [0.25, 0.3) is 10.8 Å². The molecule has 0 saturated carbocycles. The average Bonchev–Trinajstić information content (AvgIpc) is 2.49. The highest BCUT2D eigenvalue weighted by Gasteiger charge is 2.18. The number of nitrogens with zero attached hydrogens (tertiary/aromatic N) is 2. The normalized spacial score (nSPS) is 10.7. The maximum absolute atomic E-state index is 12.4. The van der Waals surface area contributed by atoms with Gasteiger partial charge < -0.3 is 4.74 Å². The molecule has 0 aliphatic heterocycles. The van der Waals surface area contributed by atoms with Gasteiger partial charge in [0.15, 0.2) is 5.69 Å². The number of benzene rings is 2. The van der Waals surface area contributed by atoms with Crippen molar-refractivity contribution in [2.75, 3.05) is 0 Å². The molecule has 0 fully saturated rings. The van der Waals surface area contributed by atoms with E-state index in [1.807, 2.05) is 0 Å². The zero-order valence-corrected chi connectivity index (χ0v) is 13.4. The number of aromatic nitrogens is 2. The molecule has 0 N–H and O–H groups in total. The van der Waals surface area contributed by atoms with E-state index in [1.54, 1.807) is 24.3 Å². The number of hydrogen-bond donors (Lipinski definition) is 0. The zero-order chi connectivity index (χ0) is 16.6. The lowest BCUT2D eigenvalue weighted by molar-refractivity contribution is 0.0728. The van der Waals surface area contributed by atoms with E-state index in [9.17, 15) is 9.59 Å². The lowest BCUT2D eigenvalue weighted by atomic mass is 10.1. The van der Waals surface area contributed by atoms with Gasteiger partial charge in [-0.3, -0.25) is 4.79 Å². The van der Waals surface area contributed by atoms with Crippen LogP contribution in [0.1, 0.15) is 10.5 Å². The summed E-state index contributed by atoms with van der Waals surface area (Å²) in [5.74, 6) is -0.498. The van der Waals surface area contributed by atoms with E-state index in [-0.39, 0.29) is 17.0 Å². The van der Waals surface area contributed by atoms with E-state index in [2.05, 4.69) is 5.10 Å². The van der Waals surface area contributed by atoms with Crippen molar-refractivity contribution in [3.05, 3.63) is 68.6 Å². The first-order valence-corrected chi connectivity index (χ1v) is 7.35. The highest BCUT2D eigenvalue weighted by Crippen LogP contribution is 2.25. The van der Waals surface area contributed by atoms with Crippen LogP contribution in [0.2, 0.25) is 10.0 Å². The second-order valence-electron chi connectivity index (χ2n) is 4.82. The predicted molar refractivity (Wildman–Crippen MR) is 88.4 cm³/mol. The Kier molecular flexibility index (Phi) is 4.07. The number of carbonyl (C=O) groups excluding carboxylic acids is 1. The van der Waals surface area contributed by atoms with Crippen LogP contribution in [-0.4, -0.2) is 15.7 Å². The van der Waals surface area contributed by atoms with E-state index >= 15 is 0 Å². The van der Waals surface area contributed by atoms with Crippen molar-refractivity contribution < 1.29 is 9.53 Å². The molecule has 0 saturated heterocycles. The minimum Gasteiger partial charge on any atom is -0.422 e. The third kappa shape index (κ3) is 3.06. The molecule has 7 heteroatoms. The van der Waals surface area contributed by atoms with Gasteiger partial charge in [0.05, 0.1) is 5.39 Å². The van der Waals surface area contributed by atoms with Gasteiger partial charge in [-0.25, -0.2) is 9.48 Å². The molecule has 0 unspecified atom stereocenters. The first-order valence-electron chi connectivity index (χ1n) is 6.60. The van der Waals surface area contributed by atoms with Gasteiger partial charge in [0.1, 0.15) is 5.75 Å². The molecule has 1 heterocycles. The smallest absolute Gasteiger partial charge is 0.364 e. The number of esters is 1. The van der Waals surface area contributed by atoms with Crippen LogP contribution in [0, 0.1) is 0 Å². The molecule has 0 amide bonds. The maximum atomic E-state index is 12.4. The molecule has 0 bridgehead atoms. The Hall–Kier alpha value is -2.37. The molecule has 0 aliphatic carbocycles. The highest BCUT2D eigenvalue weighted by atomic mass is 35.5. The standard InChI is InChI=1S/C16H10Cl2N2O3/c1-20-15(21)13-5-3-2-4-12(13)14(19-20)16(22)23-11-7-9(17)6-10(18)8-11/h2-8H,1H3. The summed E-state index contributed by atoms with van der Waals surface area (Å²) < 4.78 is 6.38. The van der Waals surface area contributed by atoms with Crippen LogP contribution < -0.4 is 10.3 Å². The number of aryl methyl sites for hydroxylation is 1. The SMILES string of the molecule is Cn1nc(C(=O)Oc2cc(Cl)cc(Cl)c2)c2ccccc2c1=O. The summed E-state index contributed by atoms with van der Waals surface area (Å²) in [6.45, 7) is 0. The Morgan fingerprint density at radius 2 is 1.70 bits per heavy atom. The Labute approximate surface area is 141 Å². The second kappa shape index (κ2) is 6.02. The van der Waals surface area contributed by atoms with E-state index in [4.69, 9.17) is 27.9 Å². The average molecular weight is 349 g/mol. The van der Waals surface area contributed by atoms with Gasteiger partial charge in [0.2, 0.25) is 0 Å². The molecule has 116 valence electrons. The van der Waals surface area contributed by atoms with Gasteiger partial charge in [-0.1, -0.05) is 41.4 Å². The molecular formula is C16H10Cl2N2O3. The molecule has 23 heavy (non-hydrogen) atoms. The number of carbonyl (C=O) groups is 1. The molecular weight excluding hydrogens is 339 g/mol. The van der Waals surface area contributed by atoms with E-state index in [0.717, 1.165) is 4.68 Å². The fraction of sp³-hybridized carbons (Fsp3) is 0.0625. The third-order valence-electron chi connectivity index (χ3n) is 3.20. The van der Waals surface area contributed by atoms with Crippen molar-refractivity contribution in [2.45, 2.75) is 0 Å². The number of halogens is 2. The molecule has 0 aliphatic rings. The summed E-state index contributed by atoms with van der Waals surface area (Å²) in [4.78, 5) is 24.5. The Morgan fingerprint density at radius 3 is 2.35 bits per heavy atom. The number of rotatable bonds is 2. The maximum Gasteiger partial charge on any atom is 0.364 e. The van der Waals surface area contributed by atoms with Crippen LogP contribution in [0.3, 0.4) is 0 Å². The molecule has 0 atom stereocenters. The summed E-state index contributed by atoms with van der Waals surface area (Å²) in [6.07, 6.45) is 0. The molecule has 5 nitrogen and oxygen atoms in total. The van der Waals surface area contributed by atoms with E-state index in [0.29, 0.717) is 20.8 Å².